The summed E-state index contributed by atoms with van der Waals surface area (Å²) < 4.78 is 13.7. The maximum atomic E-state index is 12.2. The number of hydroxylamine groups is 1. The van der Waals surface area contributed by atoms with Gasteiger partial charge in [-0.15, -0.1) is 0 Å². The fourth-order valence-corrected chi connectivity index (χ4v) is 4.31. The van der Waals surface area contributed by atoms with Crippen LogP contribution in [0.25, 0.3) is 11.0 Å². The number of nitrogens with one attached hydrogen (secondary N) is 1. The van der Waals surface area contributed by atoms with Crippen molar-refractivity contribution in [2.45, 2.75) is 23.8 Å². The Kier molecular flexibility index (Phi) is 5.33. The van der Waals surface area contributed by atoms with Crippen LogP contribution >= 0.6 is 11.9 Å². The van der Waals surface area contributed by atoms with E-state index in [0.717, 1.165) is 42.0 Å². The molecule has 1 fully saturated rings. The summed E-state index contributed by atoms with van der Waals surface area (Å²) in [7, 11) is 0. The van der Waals surface area contributed by atoms with E-state index in [1.165, 1.54) is 11.9 Å². The van der Waals surface area contributed by atoms with E-state index >= 15 is 0 Å². The van der Waals surface area contributed by atoms with Gasteiger partial charge in [-0.3, -0.25) is 10.0 Å². The summed E-state index contributed by atoms with van der Waals surface area (Å²) >= 11 is 1.51. The van der Waals surface area contributed by atoms with Crippen LogP contribution in [-0.2, 0) is 0 Å². The van der Waals surface area contributed by atoms with Crippen molar-refractivity contribution in [3.63, 3.8) is 0 Å². The van der Waals surface area contributed by atoms with E-state index < -0.39 is 5.91 Å². The first-order valence-corrected chi connectivity index (χ1v) is 9.61. The van der Waals surface area contributed by atoms with Gasteiger partial charge in [0.15, 0.2) is 0 Å². The second-order valence-electron chi connectivity index (χ2n) is 6.37. The Balaban J connectivity index is 1.44. The average Bonchev–Trinajstić information content (AvgIpc) is 3.18. The maximum absolute atomic E-state index is 12.2. The van der Waals surface area contributed by atoms with Crippen molar-refractivity contribution < 1.29 is 19.2 Å². The SMILES string of the molecule is O=C(NO)c1c(SN2CCC(Oc3ccccc3)CC2)ccc2ccoc12. The number of rotatable bonds is 5. The van der Waals surface area contributed by atoms with Gasteiger partial charge < -0.3 is 9.15 Å². The number of carbonyl (C=O) groups excluding carboxylic acids is 1. The summed E-state index contributed by atoms with van der Waals surface area (Å²) in [5.74, 6) is 0.328. The molecule has 2 heterocycles. The lowest BCUT2D eigenvalue weighted by Gasteiger charge is -2.31. The van der Waals surface area contributed by atoms with Crippen LogP contribution in [0.3, 0.4) is 0 Å². The lowest BCUT2D eigenvalue weighted by molar-refractivity contribution is 0.0703. The van der Waals surface area contributed by atoms with Gasteiger partial charge in [0.2, 0.25) is 0 Å². The summed E-state index contributed by atoms with van der Waals surface area (Å²) in [6.07, 6.45) is 3.55. The van der Waals surface area contributed by atoms with Crippen LogP contribution in [0.4, 0.5) is 0 Å². The standard InChI is InChI=1S/C20H20N2O4S/c23-20(21-24)18-17(7-6-14-10-13-25-19(14)18)27-22-11-8-16(9-12-22)26-15-4-2-1-3-5-15/h1-7,10,13,16,24H,8-9,11-12H2,(H,21,23). The number of hydrogen-bond donors (Lipinski definition) is 2. The zero-order chi connectivity index (χ0) is 18.6. The molecular formula is C20H20N2O4S. The molecule has 0 unspecified atom stereocenters. The first-order chi connectivity index (χ1) is 13.2. The molecule has 0 bridgehead atoms. The summed E-state index contributed by atoms with van der Waals surface area (Å²) in [4.78, 5) is 12.9. The summed E-state index contributed by atoms with van der Waals surface area (Å²) in [6.45, 7) is 1.69. The summed E-state index contributed by atoms with van der Waals surface area (Å²) in [5.41, 5.74) is 2.56. The van der Waals surface area contributed by atoms with Gasteiger partial charge in [-0.2, -0.15) is 0 Å². The van der Waals surface area contributed by atoms with Crippen molar-refractivity contribution in [2.24, 2.45) is 0 Å². The van der Waals surface area contributed by atoms with E-state index in [1.807, 2.05) is 42.5 Å². The maximum Gasteiger partial charge on any atom is 0.279 e. The number of carbonyl (C=O) groups is 1. The van der Waals surface area contributed by atoms with Gasteiger partial charge in [-0.05, 0) is 55.1 Å². The van der Waals surface area contributed by atoms with E-state index in [9.17, 15) is 4.79 Å². The second kappa shape index (κ2) is 8.04. The zero-order valence-corrected chi connectivity index (χ0v) is 15.4. The van der Waals surface area contributed by atoms with Crippen LogP contribution < -0.4 is 10.2 Å². The molecule has 0 aliphatic carbocycles. The molecule has 4 rings (SSSR count). The number of fused-ring (bicyclic) bond motifs is 1. The third-order valence-corrected chi connectivity index (χ3v) is 5.75. The van der Waals surface area contributed by atoms with Gasteiger partial charge in [-0.25, -0.2) is 9.79 Å². The van der Waals surface area contributed by atoms with Crippen molar-refractivity contribution in [2.75, 3.05) is 13.1 Å². The van der Waals surface area contributed by atoms with E-state index in [0.29, 0.717) is 11.1 Å². The lowest BCUT2D eigenvalue weighted by atomic mass is 10.1. The molecule has 1 saturated heterocycles. The second-order valence-corrected chi connectivity index (χ2v) is 7.51. The molecule has 6 nitrogen and oxygen atoms in total. The molecule has 140 valence electrons. The number of hydrogen-bond acceptors (Lipinski definition) is 6. The Morgan fingerprint density at radius 1 is 1.15 bits per heavy atom. The number of amides is 1. The summed E-state index contributed by atoms with van der Waals surface area (Å²) in [6, 6.07) is 15.5. The number of furan rings is 1. The van der Waals surface area contributed by atoms with Crippen LogP contribution in [0.1, 0.15) is 23.2 Å². The Morgan fingerprint density at radius 3 is 2.67 bits per heavy atom. The van der Waals surface area contributed by atoms with Gasteiger partial charge in [-0.1, -0.05) is 18.2 Å². The van der Waals surface area contributed by atoms with E-state index in [2.05, 4.69) is 4.31 Å². The van der Waals surface area contributed by atoms with Crippen molar-refractivity contribution in [3.8, 4) is 5.75 Å². The first-order valence-electron chi connectivity index (χ1n) is 8.84. The Labute approximate surface area is 161 Å². The Morgan fingerprint density at radius 2 is 1.93 bits per heavy atom. The minimum absolute atomic E-state index is 0.192. The smallest absolute Gasteiger partial charge is 0.279 e. The van der Waals surface area contributed by atoms with E-state index in [4.69, 9.17) is 14.4 Å². The number of ether oxygens (including phenoxy) is 1. The number of benzene rings is 2. The van der Waals surface area contributed by atoms with Gasteiger partial charge in [0.05, 0.1) is 11.8 Å². The highest BCUT2D eigenvalue weighted by atomic mass is 32.2. The number of nitrogens with zero attached hydrogens (tertiary/aromatic N) is 1. The van der Waals surface area contributed by atoms with Gasteiger partial charge in [0.25, 0.3) is 5.91 Å². The van der Waals surface area contributed by atoms with E-state index in [-0.39, 0.29) is 6.10 Å². The minimum atomic E-state index is -0.569. The predicted molar refractivity (Wildman–Crippen MR) is 103 cm³/mol. The molecule has 27 heavy (non-hydrogen) atoms. The molecule has 0 spiro atoms. The zero-order valence-electron chi connectivity index (χ0n) is 14.6. The monoisotopic (exact) mass is 384 g/mol. The van der Waals surface area contributed by atoms with Gasteiger partial charge in [0.1, 0.15) is 17.4 Å². The van der Waals surface area contributed by atoms with Crippen molar-refractivity contribution in [3.05, 3.63) is 60.4 Å². The van der Waals surface area contributed by atoms with Gasteiger partial charge in [0, 0.05) is 23.4 Å². The van der Waals surface area contributed by atoms with Crippen LogP contribution in [0.15, 0.2) is 64.1 Å². The molecule has 2 N–H and O–H groups in total. The molecule has 0 atom stereocenters. The quantitative estimate of drug-likeness (QED) is 0.392. The molecule has 1 amide bonds. The molecule has 0 saturated carbocycles. The van der Waals surface area contributed by atoms with E-state index in [1.54, 1.807) is 17.8 Å². The largest absolute Gasteiger partial charge is 0.490 e. The van der Waals surface area contributed by atoms with Crippen LogP contribution in [0.5, 0.6) is 5.75 Å². The topological polar surface area (TPSA) is 74.9 Å². The molecule has 3 aromatic rings. The normalized spacial score (nSPS) is 15.7. The fraction of sp³-hybridized carbons (Fsp3) is 0.250. The lowest BCUT2D eigenvalue weighted by Crippen LogP contribution is -2.34. The van der Waals surface area contributed by atoms with Crippen LogP contribution in [-0.4, -0.2) is 34.6 Å². The fourth-order valence-electron chi connectivity index (χ4n) is 3.23. The van der Waals surface area contributed by atoms with Crippen molar-refractivity contribution >= 4 is 28.8 Å². The first kappa shape index (κ1) is 17.9. The molecule has 1 aliphatic rings. The third-order valence-electron chi connectivity index (χ3n) is 4.59. The Bertz CT molecular complexity index is 920. The molecule has 2 aromatic carbocycles. The minimum Gasteiger partial charge on any atom is -0.490 e. The third kappa shape index (κ3) is 3.95. The molecular weight excluding hydrogens is 364 g/mol. The highest BCUT2D eigenvalue weighted by molar-refractivity contribution is 7.97. The molecule has 1 aromatic heterocycles. The summed E-state index contributed by atoms with van der Waals surface area (Å²) in [5, 5.41) is 9.94. The Hall–Kier alpha value is -2.48. The number of piperidine rings is 1. The highest BCUT2D eigenvalue weighted by Crippen LogP contribution is 2.34. The molecule has 7 heteroatoms. The van der Waals surface area contributed by atoms with Gasteiger partial charge >= 0.3 is 0 Å². The van der Waals surface area contributed by atoms with Crippen molar-refractivity contribution in [1.29, 1.82) is 0 Å². The number of para-hydroxylation sites is 1. The van der Waals surface area contributed by atoms with Crippen molar-refractivity contribution in [1.82, 2.24) is 9.79 Å². The van der Waals surface area contributed by atoms with Crippen LogP contribution in [0.2, 0.25) is 0 Å². The predicted octanol–water partition coefficient (Wildman–Crippen LogP) is 4.10. The molecule has 0 radical (unpaired) electrons. The average molecular weight is 384 g/mol. The molecule has 1 aliphatic heterocycles. The van der Waals surface area contributed by atoms with Crippen LogP contribution in [0, 0.1) is 0 Å². The highest BCUT2D eigenvalue weighted by Gasteiger charge is 2.24.